The Balaban J connectivity index is 0.880. The van der Waals surface area contributed by atoms with E-state index in [-0.39, 0.29) is 59.3 Å². The second-order valence-corrected chi connectivity index (χ2v) is 23.1. The third-order valence-corrected chi connectivity index (χ3v) is 15.5. The van der Waals surface area contributed by atoms with E-state index >= 15 is 0 Å². The predicted octanol–water partition coefficient (Wildman–Crippen LogP) is -3.51. The van der Waals surface area contributed by atoms with Crippen molar-refractivity contribution in [3.05, 3.63) is 70.9 Å². The molecule has 34 nitrogen and oxygen atoms in total. The lowest BCUT2D eigenvalue weighted by molar-refractivity contribution is -0.731. The van der Waals surface area contributed by atoms with Crippen LogP contribution in [0.25, 0.3) is 21.8 Å². The molecule has 2 aliphatic heterocycles. The highest BCUT2D eigenvalue weighted by Gasteiger charge is 2.61. The van der Waals surface area contributed by atoms with Gasteiger partial charge in [-0.3, -0.25) is 19.2 Å². The molecule has 0 aliphatic carbocycles. The van der Waals surface area contributed by atoms with E-state index in [9.17, 15) is 57.6 Å². The predicted molar refractivity (Wildman–Crippen MR) is 295 cm³/mol. The monoisotopic (exact) mass is 1240 g/mol. The standard InChI is InChI=1S/C48H58N16O18S3/c1-47(2)37(55-39(67)35(29-21-83-45(51)53-29)57-79-33(43(71)72)19-77-27-7-9-31-23(11-27)15-61(59(31)5)17-25(65)13-49)41(69)63(47)81-85(75,76)82-64-42(70)38(48(64,3)4)56-40(68)36(30-22-84-46(52)54-30)58-80-34(44(73)74)20-78-28-8-10-32-24(12-28)16-62(60(32)6)18-26(66)14-50/h7-12,15-16,21-22,25-26,33-34,37-38,65-66H,13-14,17-20,49-50H2,1-6H3,(H6-2,51,52,53,54,55,56,67,68,71,72,73,74)/p+2/b57-35-,58-36-/t25-,26-,33+,34+,37-,38-/m1/s1. The summed E-state index contributed by atoms with van der Waals surface area (Å²) < 4.78 is 55.4. The number of benzene rings is 2. The molecule has 6 heterocycles. The van der Waals surface area contributed by atoms with Crippen LogP contribution < -0.4 is 52.4 Å². The Kier molecular flexibility index (Phi) is 18.2. The van der Waals surface area contributed by atoms with E-state index in [0.29, 0.717) is 20.9 Å². The number of nitrogens with two attached hydrogens (primary N) is 4. The van der Waals surface area contributed by atoms with Gasteiger partial charge in [-0.1, -0.05) is 10.3 Å². The number of β-lactam (4-membered cyclic amide) rings is 2. The Bertz CT molecular complexity index is 3520. The van der Waals surface area contributed by atoms with Gasteiger partial charge in [-0.15, -0.1) is 40.6 Å². The number of ether oxygens (including phenoxy) is 2. The van der Waals surface area contributed by atoms with Gasteiger partial charge in [0.2, 0.25) is 11.0 Å². The number of hydrogen-bond acceptors (Lipinski definition) is 26. The molecule has 85 heavy (non-hydrogen) atoms. The van der Waals surface area contributed by atoms with Gasteiger partial charge in [0, 0.05) is 36.0 Å². The number of hydroxylamine groups is 4. The van der Waals surface area contributed by atoms with E-state index in [1.807, 2.05) is 0 Å². The van der Waals surface area contributed by atoms with Gasteiger partial charge in [0.15, 0.2) is 35.8 Å². The number of carbonyl (C=O) groups is 6. The number of carbonyl (C=O) groups excluding carboxylic acids is 4. The minimum atomic E-state index is -5.38. The number of carboxylic acid groups (broad SMARTS) is 2. The molecule has 2 aliphatic rings. The second-order valence-electron chi connectivity index (χ2n) is 20.2. The maximum absolute atomic E-state index is 13.9. The first-order valence-corrected chi connectivity index (χ1v) is 28.4. The fourth-order valence-electron chi connectivity index (χ4n) is 8.66. The number of nitrogen functional groups attached to an aromatic ring is 2. The molecule has 8 rings (SSSR count). The molecule has 0 bridgehead atoms. The highest BCUT2D eigenvalue weighted by atomic mass is 32.3. The van der Waals surface area contributed by atoms with Gasteiger partial charge in [0.05, 0.1) is 46.5 Å². The van der Waals surface area contributed by atoms with Crippen LogP contribution in [0.2, 0.25) is 0 Å². The molecule has 0 unspecified atom stereocenters. The van der Waals surface area contributed by atoms with E-state index in [0.717, 1.165) is 33.7 Å². The third kappa shape index (κ3) is 13.5. The first-order chi connectivity index (χ1) is 40.0. The van der Waals surface area contributed by atoms with Crippen LogP contribution in [0.3, 0.4) is 0 Å². The number of thiazole rings is 2. The van der Waals surface area contributed by atoms with Crippen LogP contribution >= 0.6 is 22.7 Å². The molecule has 14 N–H and O–H groups in total. The normalized spacial score (nSPS) is 18.3. The van der Waals surface area contributed by atoms with Crippen molar-refractivity contribution in [3.8, 4) is 11.5 Å². The molecule has 0 saturated carbocycles. The minimum absolute atomic E-state index is 0.0272. The van der Waals surface area contributed by atoms with E-state index in [1.165, 1.54) is 38.5 Å². The summed E-state index contributed by atoms with van der Waals surface area (Å²) in [7, 11) is -1.83. The molecule has 0 spiro atoms. The average Bonchev–Trinajstić information content (AvgIpc) is 1.90. The van der Waals surface area contributed by atoms with Crippen molar-refractivity contribution >= 4 is 112 Å². The Hall–Kier alpha value is -8.69. The lowest BCUT2D eigenvalue weighted by Crippen LogP contribution is -2.78. The summed E-state index contributed by atoms with van der Waals surface area (Å²) >= 11 is 1.78. The van der Waals surface area contributed by atoms with Crippen LogP contribution in [0.1, 0.15) is 39.1 Å². The van der Waals surface area contributed by atoms with Crippen LogP contribution in [0.15, 0.2) is 69.9 Å². The fourth-order valence-corrected chi connectivity index (χ4v) is 10.7. The molecule has 2 aromatic carbocycles. The summed E-state index contributed by atoms with van der Waals surface area (Å²) in [5, 5.41) is 57.1. The first kappa shape index (κ1) is 62.4. The number of anilines is 2. The Morgan fingerprint density at radius 1 is 0.694 bits per heavy atom. The number of aliphatic hydroxyl groups is 2. The van der Waals surface area contributed by atoms with Crippen molar-refractivity contribution in [2.24, 2.45) is 35.9 Å². The van der Waals surface area contributed by atoms with Crippen molar-refractivity contribution in [1.82, 2.24) is 40.1 Å². The van der Waals surface area contributed by atoms with Crippen LogP contribution in [0.5, 0.6) is 11.5 Å². The SMILES string of the molecule is C[n+]1c2ccc(OC[C@H](O/N=C(\C(=O)N[C@@H]3C(=O)N(OS(=O)(=O)ON4C(=O)[C@@H](NC(=O)/C(=N\O[C@@H](COc5ccc6c(c5)cn(C[C@H](O)CN)[n+]6C)C(=O)O)c5csc(N)n5)C4(C)C)C3(C)C)c3csc(N)n3)C(=O)O)cc2cn1C[C@H](O)CN. The van der Waals surface area contributed by atoms with Crippen molar-refractivity contribution in [1.29, 1.82) is 0 Å². The van der Waals surface area contributed by atoms with E-state index in [4.69, 9.17) is 50.7 Å². The molecular weight excluding hydrogens is 1180 g/mol. The maximum atomic E-state index is 13.9. The summed E-state index contributed by atoms with van der Waals surface area (Å²) in [6, 6.07) is 6.74. The molecule has 6 aromatic rings. The average molecular weight is 1250 g/mol. The van der Waals surface area contributed by atoms with Gasteiger partial charge in [-0.25, -0.2) is 19.6 Å². The Morgan fingerprint density at radius 2 is 1.07 bits per heavy atom. The lowest BCUT2D eigenvalue weighted by atomic mass is 9.84. The molecular formula is C48H60N16O18S3+2. The number of nitrogens with zero attached hydrogens (tertiary/aromatic N) is 10. The van der Waals surface area contributed by atoms with E-state index < -0.39 is 118 Å². The van der Waals surface area contributed by atoms with Crippen molar-refractivity contribution < 1.29 is 94.7 Å². The van der Waals surface area contributed by atoms with Crippen molar-refractivity contribution in [3.63, 3.8) is 0 Å². The number of hydrogen-bond donors (Lipinski definition) is 10. The topological polar surface area (TPSA) is 476 Å². The zero-order valence-electron chi connectivity index (χ0n) is 46.0. The number of carboxylic acids is 2. The number of aryl methyl sites for hydroxylation is 2. The maximum Gasteiger partial charge on any atom is 0.442 e. The number of amides is 4. The Morgan fingerprint density at radius 3 is 1.39 bits per heavy atom. The summed E-state index contributed by atoms with van der Waals surface area (Å²) in [5.41, 5.74) is 19.2. The number of aromatic nitrogens is 6. The van der Waals surface area contributed by atoms with Gasteiger partial charge in [0.25, 0.3) is 35.8 Å². The Labute approximate surface area is 489 Å². The van der Waals surface area contributed by atoms with Gasteiger partial charge >= 0.3 is 22.3 Å². The minimum Gasteiger partial charge on any atom is -0.489 e. The molecule has 4 aromatic heterocycles. The number of fused-ring (bicyclic) bond motifs is 2. The molecule has 2 saturated heterocycles. The summed E-state index contributed by atoms with van der Waals surface area (Å²) in [5.74, 6) is -7.19. The highest BCUT2D eigenvalue weighted by Crippen LogP contribution is 2.37. The van der Waals surface area contributed by atoms with E-state index in [2.05, 4.69) is 30.9 Å². The zero-order valence-corrected chi connectivity index (χ0v) is 48.4. The number of aliphatic hydroxyl groups excluding tert-OH is 2. The molecule has 37 heteroatoms. The van der Waals surface area contributed by atoms with Crippen LogP contribution in [-0.2, 0) is 84.6 Å². The van der Waals surface area contributed by atoms with Gasteiger partial charge < -0.3 is 73.1 Å². The van der Waals surface area contributed by atoms with Gasteiger partial charge in [-0.05, 0) is 52.0 Å². The molecule has 6 atom stereocenters. The van der Waals surface area contributed by atoms with Crippen molar-refractivity contribution in [2.45, 2.75) is 88.4 Å². The van der Waals surface area contributed by atoms with Gasteiger partial charge in [0.1, 0.15) is 61.3 Å². The summed E-state index contributed by atoms with van der Waals surface area (Å²) in [6.45, 7) is 4.45. The second kappa shape index (κ2) is 24.9. The van der Waals surface area contributed by atoms with Gasteiger partial charge in [-0.2, -0.15) is 27.9 Å². The fraction of sp³-hybridized carbons (Fsp3) is 0.417. The summed E-state index contributed by atoms with van der Waals surface area (Å²) in [6.07, 6.45) is -1.75. The number of rotatable bonds is 28. The lowest BCUT2D eigenvalue weighted by Gasteiger charge is -2.52. The molecule has 0 radical (unpaired) electrons. The number of nitrogens with one attached hydrogen (secondary N) is 2. The number of aliphatic carboxylic acids is 2. The zero-order chi connectivity index (χ0) is 62.0. The number of oxime groups is 2. The van der Waals surface area contributed by atoms with Crippen molar-refractivity contribution in [2.75, 3.05) is 37.8 Å². The van der Waals surface area contributed by atoms with Crippen LogP contribution in [0, 0.1) is 0 Å². The van der Waals surface area contributed by atoms with E-state index in [1.54, 1.807) is 81.6 Å². The largest absolute Gasteiger partial charge is 0.489 e. The molecule has 456 valence electrons. The van der Waals surface area contributed by atoms with Crippen LogP contribution in [0.4, 0.5) is 10.3 Å². The first-order valence-electron chi connectivity index (χ1n) is 25.3. The van der Waals surface area contributed by atoms with Crippen LogP contribution in [-0.4, -0.2) is 179 Å². The smallest absolute Gasteiger partial charge is 0.442 e. The highest BCUT2D eigenvalue weighted by molar-refractivity contribution is 7.81. The quantitative estimate of drug-likeness (QED) is 0.00985. The third-order valence-electron chi connectivity index (χ3n) is 13.5. The molecule has 2 fully saturated rings. The summed E-state index contributed by atoms with van der Waals surface area (Å²) in [4.78, 5) is 98.2. The molecule has 4 amide bonds.